The van der Waals surface area contributed by atoms with Crippen LogP contribution in [0.25, 0.3) is 0 Å². The van der Waals surface area contributed by atoms with Gasteiger partial charge in [-0.1, -0.05) is 51.1 Å². The molecule has 5 nitrogen and oxygen atoms in total. The zero-order valence-electron chi connectivity index (χ0n) is 18.4. The molecule has 0 aromatic heterocycles. The predicted molar refractivity (Wildman–Crippen MR) is 132 cm³/mol. The van der Waals surface area contributed by atoms with Gasteiger partial charge in [0.2, 0.25) is 0 Å². The molecule has 28 heavy (non-hydrogen) atoms. The van der Waals surface area contributed by atoms with Gasteiger partial charge in [0.15, 0.2) is 5.96 Å². The SMILES string of the molecule is CCNC(=NCC(C)(C)c1ccccc1)NCC(C)N1CCN(CC)CC1.I. The van der Waals surface area contributed by atoms with E-state index in [4.69, 9.17) is 4.99 Å². The Kier molecular flexibility index (Phi) is 11.4. The highest BCUT2D eigenvalue weighted by Gasteiger charge is 2.21. The summed E-state index contributed by atoms with van der Waals surface area (Å²) in [7, 11) is 0. The number of halogens is 1. The third-order valence-electron chi connectivity index (χ3n) is 5.57. The van der Waals surface area contributed by atoms with Gasteiger partial charge in [-0.05, 0) is 26.0 Å². The summed E-state index contributed by atoms with van der Waals surface area (Å²) in [5.41, 5.74) is 1.35. The van der Waals surface area contributed by atoms with Crippen LogP contribution in [0.4, 0.5) is 0 Å². The van der Waals surface area contributed by atoms with Gasteiger partial charge in [0.25, 0.3) is 0 Å². The minimum atomic E-state index is 0. The van der Waals surface area contributed by atoms with E-state index in [1.165, 1.54) is 18.7 Å². The Labute approximate surface area is 189 Å². The summed E-state index contributed by atoms with van der Waals surface area (Å²) in [6.45, 7) is 19.6. The van der Waals surface area contributed by atoms with Crippen LogP contribution >= 0.6 is 24.0 Å². The Balaban J connectivity index is 0.00000392. The fourth-order valence-electron chi connectivity index (χ4n) is 3.49. The molecule has 0 saturated carbocycles. The summed E-state index contributed by atoms with van der Waals surface area (Å²) in [6.07, 6.45) is 0. The average molecular weight is 502 g/mol. The fraction of sp³-hybridized carbons (Fsp3) is 0.682. The molecule has 1 aromatic rings. The molecule has 1 atom stereocenters. The number of piperazine rings is 1. The maximum Gasteiger partial charge on any atom is 0.191 e. The quantitative estimate of drug-likeness (QED) is 0.326. The molecule has 1 aromatic carbocycles. The lowest BCUT2D eigenvalue weighted by Crippen LogP contribution is -2.53. The molecule has 1 fully saturated rings. The molecule has 1 aliphatic rings. The van der Waals surface area contributed by atoms with Crippen molar-refractivity contribution in [1.82, 2.24) is 20.4 Å². The molecule has 0 amide bonds. The molecule has 1 saturated heterocycles. The number of hydrogen-bond acceptors (Lipinski definition) is 3. The molecule has 0 aliphatic carbocycles. The van der Waals surface area contributed by atoms with E-state index in [9.17, 15) is 0 Å². The van der Waals surface area contributed by atoms with Crippen molar-refractivity contribution in [2.45, 2.75) is 46.1 Å². The van der Waals surface area contributed by atoms with Crippen molar-refractivity contribution in [1.29, 1.82) is 0 Å². The first-order valence-electron chi connectivity index (χ1n) is 10.5. The average Bonchev–Trinajstić information content (AvgIpc) is 2.70. The van der Waals surface area contributed by atoms with Gasteiger partial charge in [-0.2, -0.15) is 0 Å². The lowest BCUT2D eigenvalue weighted by Gasteiger charge is -2.37. The Bertz CT molecular complexity index is 568. The normalized spacial score (nSPS) is 17.7. The van der Waals surface area contributed by atoms with Crippen LogP contribution in [0.1, 0.15) is 40.2 Å². The number of nitrogens with zero attached hydrogens (tertiary/aromatic N) is 3. The van der Waals surface area contributed by atoms with E-state index in [2.05, 4.69) is 85.4 Å². The van der Waals surface area contributed by atoms with Crippen molar-refractivity contribution >= 4 is 29.9 Å². The highest BCUT2D eigenvalue weighted by Crippen LogP contribution is 2.22. The Morgan fingerprint density at radius 3 is 2.29 bits per heavy atom. The molecule has 2 rings (SSSR count). The summed E-state index contributed by atoms with van der Waals surface area (Å²) in [5.74, 6) is 0.917. The molecule has 2 N–H and O–H groups in total. The van der Waals surface area contributed by atoms with E-state index in [-0.39, 0.29) is 29.4 Å². The highest BCUT2D eigenvalue weighted by atomic mass is 127. The van der Waals surface area contributed by atoms with Crippen molar-refractivity contribution in [3.05, 3.63) is 35.9 Å². The molecule has 0 spiro atoms. The molecule has 1 aliphatic heterocycles. The van der Waals surface area contributed by atoms with Crippen LogP contribution in [0.3, 0.4) is 0 Å². The summed E-state index contributed by atoms with van der Waals surface area (Å²) in [5, 5.41) is 6.94. The van der Waals surface area contributed by atoms with E-state index < -0.39 is 0 Å². The molecular weight excluding hydrogens is 461 g/mol. The zero-order valence-corrected chi connectivity index (χ0v) is 20.7. The molecule has 0 bridgehead atoms. The predicted octanol–water partition coefficient (Wildman–Crippen LogP) is 3.16. The van der Waals surface area contributed by atoms with E-state index in [1.54, 1.807) is 0 Å². The minimum absolute atomic E-state index is 0. The summed E-state index contributed by atoms with van der Waals surface area (Å²) in [4.78, 5) is 9.97. The number of benzene rings is 1. The van der Waals surface area contributed by atoms with Crippen molar-refractivity contribution in [2.24, 2.45) is 4.99 Å². The van der Waals surface area contributed by atoms with Gasteiger partial charge in [-0.3, -0.25) is 9.89 Å². The van der Waals surface area contributed by atoms with Crippen molar-refractivity contribution in [3.63, 3.8) is 0 Å². The molecule has 1 heterocycles. The van der Waals surface area contributed by atoms with Gasteiger partial charge < -0.3 is 15.5 Å². The second-order valence-electron chi connectivity index (χ2n) is 8.15. The second kappa shape index (κ2) is 12.6. The van der Waals surface area contributed by atoms with Crippen LogP contribution in [0.2, 0.25) is 0 Å². The third kappa shape index (κ3) is 7.87. The van der Waals surface area contributed by atoms with Gasteiger partial charge in [0.05, 0.1) is 6.54 Å². The number of hydrogen-bond donors (Lipinski definition) is 2. The molecule has 1 unspecified atom stereocenters. The Hall–Kier alpha value is -0.860. The monoisotopic (exact) mass is 501 g/mol. The number of rotatable bonds is 8. The summed E-state index contributed by atoms with van der Waals surface area (Å²) >= 11 is 0. The van der Waals surface area contributed by atoms with Crippen LogP contribution in [-0.4, -0.2) is 74.2 Å². The highest BCUT2D eigenvalue weighted by molar-refractivity contribution is 14.0. The van der Waals surface area contributed by atoms with Crippen molar-refractivity contribution in [2.75, 3.05) is 52.4 Å². The second-order valence-corrected chi connectivity index (χ2v) is 8.15. The molecule has 6 heteroatoms. The van der Waals surface area contributed by atoms with Crippen LogP contribution < -0.4 is 10.6 Å². The van der Waals surface area contributed by atoms with Crippen molar-refractivity contribution in [3.8, 4) is 0 Å². The van der Waals surface area contributed by atoms with Gasteiger partial charge >= 0.3 is 0 Å². The maximum atomic E-state index is 4.87. The van der Waals surface area contributed by atoms with Crippen LogP contribution in [0, 0.1) is 0 Å². The van der Waals surface area contributed by atoms with E-state index in [1.807, 2.05) is 0 Å². The maximum absolute atomic E-state index is 4.87. The zero-order chi connectivity index (χ0) is 19.7. The molecule has 160 valence electrons. The number of likely N-dealkylation sites (N-methyl/N-ethyl adjacent to an activating group) is 1. The molecule has 0 radical (unpaired) electrons. The lowest BCUT2D eigenvalue weighted by atomic mass is 9.85. The minimum Gasteiger partial charge on any atom is -0.357 e. The smallest absolute Gasteiger partial charge is 0.191 e. The van der Waals surface area contributed by atoms with Crippen LogP contribution in [-0.2, 0) is 5.41 Å². The standard InChI is InChI=1S/C22H39N5.HI/c1-6-23-21(25-18-22(4,5)20-11-9-8-10-12-20)24-17-19(3)27-15-13-26(7-2)14-16-27;/h8-12,19H,6-7,13-18H2,1-5H3,(H2,23,24,25);1H. The lowest BCUT2D eigenvalue weighted by molar-refractivity contribution is 0.107. The first-order chi connectivity index (χ1) is 13.0. The van der Waals surface area contributed by atoms with Gasteiger partial charge in [-0.25, -0.2) is 0 Å². The van der Waals surface area contributed by atoms with E-state index >= 15 is 0 Å². The van der Waals surface area contributed by atoms with Gasteiger partial charge in [-0.15, -0.1) is 24.0 Å². The Morgan fingerprint density at radius 1 is 1.07 bits per heavy atom. The van der Waals surface area contributed by atoms with Gasteiger partial charge in [0, 0.05) is 50.7 Å². The van der Waals surface area contributed by atoms with Gasteiger partial charge in [0.1, 0.15) is 0 Å². The molecular formula is C22H40IN5. The third-order valence-corrected chi connectivity index (χ3v) is 5.57. The first-order valence-corrected chi connectivity index (χ1v) is 10.5. The summed E-state index contributed by atoms with van der Waals surface area (Å²) < 4.78 is 0. The largest absolute Gasteiger partial charge is 0.357 e. The number of aliphatic imine (C=N–C) groups is 1. The van der Waals surface area contributed by atoms with E-state index in [0.29, 0.717) is 6.04 Å². The Morgan fingerprint density at radius 2 is 1.71 bits per heavy atom. The number of guanidine groups is 1. The van der Waals surface area contributed by atoms with Crippen molar-refractivity contribution < 1.29 is 0 Å². The van der Waals surface area contributed by atoms with E-state index in [0.717, 1.165) is 45.2 Å². The van der Waals surface area contributed by atoms with Crippen LogP contribution in [0.15, 0.2) is 35.3 Å². The first kappa shape index (κ1) is 25.2. The van der Waals surface area contributed by atoms with Crippen LogP contribution in [0.5, 0.6) is 0 Å². The summed E-state index contributed by atoms with van der Waals surface area (Å²) in [6, 6.07) is 11.2. The number of nitrogens with one attached hydrogen (secondary N) is 2. The topological polar surface area (TPSA) is 42.9 Å². The fourth-order valence-corrected chi connectivity index (χ4v) is 3.49.